The Morgan fingerprint density at radius 2 is 1.70 bits per heavy atom. The molecular weight excluding hydrogens is 342 g/mol. The van der Waals surface area contributed by atoms with Crippen LogP contribution in [0.1, 0.15) is 25.1 Å². The summed E-state index contributed by atoms with van der Waals surface area (Å²) < 4.78 is 7.90. The fourth-order valence-corrected chi connectivity index (χ4v) is 3.17. The van der Waals surface area contributed by atoms with Gasteiger partial charge < -0.3 is 4.74 Å². The van der Waals surface area contributed by atoms with Crippen LogP contribution in [0, 0.1) is 6.92 Å². The smallest absolute Gasteiger partial charge is 0.426 e. The number of hydrogen-bond acceptors (Lipinski definition) is 3. The lowest BCUT2D eigenvalue weighted by Gasteiger charge is -2.11. The average molecular weight is 365 g/mol. The monoisotopic (exact) mass is 365 g/mol. The van der Waals surface area contributed by atoms with E-state index in [0.717, 1.165) is 22.5 Å². The number of aromatic nitrogens is 2. The van der Waals surface area contributed by atoms with Crippen molar-refractivity contribution in [3.63, 3.8) is 0 Å². The molecule has 0 aliphatic heterocycles. The molecule has 0 aliphatic rings. The molecule has 0 atom stereocenters. The maximum Gasteiger partial charge on any atom is 0.426 e. The number of imidazole rings is 1. The number of para-hydroxylation sites is 1. The second kappa shape index (κ2) is 7.95. The zero-order chi connectivity index (χ0) is 19.4. The zero-order valence-electron chi connectivity index (χ0n) is 15.7. The van der Waals surface area contributed by atoms with E-state index in [-0.39, 0.29) is 12.3 Å². The summed E-state index contributed by atoms with van der Waals surface area (Å²) in [5, 5.41) is 0. The molecule has 1 aromatic heterocycles. The molecule has 3 aromatic rings. The van der Waals surface area contributed by atoms with E-state index in [4.69, 9.17) is 4.74 Å². The fourth-order valence-electron chi connectivity index (χ4n) is 3.17. The molecule has 0 spiro atoms. The quantitative estimate of drug-likeness (QED) is 0.746. The fraction of sp³-hybridized carbons (Fsp3) is 0.238. The van der Waals surface area contributed by atoms with Gasteiger partial charge in [0.1, 0.15) is 0 Å². The van der Waals surface area contributed by atoms with Crippen molar-refractivity contribution in [3.8, 4) is 16.9 Å². The number of amides is 1. The Morgan fingerprint density at radius 3 is 2.33 bits per heavy atom. The summed E-state index contributed by atoms with van der Waals surface area (Å²) in [5.41, 5.74) is 6.35. The molecule has 0 fully saturated rings. The standard InChI is InChI=1S/C21H23N3O3/c1-4-17-19(16-12-7-6-8-13-16)23(18-14-10-9-11-15(18)3)21(26)24(17)22-20(25)27-5-2/h6-14H,4-5H2,1-3H3,(H,22,25). The Bertz CT molecular complexity index is 1000. The van der Waals surface area contributed by atoms with Crippen LogP contribution in [0.15, 0.2) is 59.4 Å². The minimum absolute atomic E-state index is 0.228. The largest absolute Gasteiger partial charge is 0.449 e. The topological polar surface area (TPSA) is 65.3 Å². The SMILES string of the molecule is CCOC(=O)Nn1c(CC)c(-c2ccccc2)n(-c2ccccc2C)c1=O. The van der Waals surface area contributed by atoms with Crippen LogP contribution in [0.3, 0.4) is 0 Å². The molecule has 1 N–H and O–H groups in total. The zero-order valence-corrected chi connectivity index (χ0v) is 15.7. The van der Waals surface area contributed by atoms with Crippen molar-refractivity contribution in [1.29, 1.82) is 0 Å². The first kappa shape index (κ1) is 18.5. The second-order valence-corrected chi connectivity index (χ2v) is 6.09. The van der Waals surface area contributed by atoms with Crippen LogP contribution in [0.5, 0.6) is 0 Å². The van der Waals surface area contributed by atoms with Gasteiger partial charge in [-0.3, -0.25) is 4.57 Å². The number of benzene rings is 2. The molecule has 2 aromatic carbocycles. The van der Waals surface area contributed by atoms with Gasteiger partial charge in [0.15, 0.2) is 0 Å². The summed E-state index contributed by atoms with van der Waals surface area (Å²) in [5.74, 6) is 0. The van der Waals surface area contributed by atoms with Gasteiger partial charge in [-0.1, -0.05) is 55.5 Å². The van der Waals surface area contributed by atoms with E-state index in [1.54, 1.807) is 11.5 Å². The van der Waals surface area contributed by atoms with Crippen LogP contribution in [0.25, 0.3) is 16.9 Å². The molecule has 3 rings (SSSR count). The molecule has 1 amide bonds. The van der Waals surface area contributed by atoms with Gasteiger partial charge in [-0.05, 0) is 31.9 Å². The number of carbonyl (C=O) groups excluding carboxylic acids is 1. The number of aryl methyl sites for hydroxylation is 1. The minimum atomic E-state index is -0.657. The molecular formula is C21H23N3O3. The summed E-state index contributed by atoms with van der Waals surface area (Å²) in [6.45, 7) is 5.86. The van der Waals surface area contributed by atoms with Gasteiger partial charge in [-0.2, -0.15) is 0 Å². The second-order valence-electron chi connectivity index (χ2n) is 6.09. The van der Waals surface area contributed by atoms with Crippen LogP contribution < -0.4 is 11.1 Å². The van der Waals surface area contributed by atoms with E-state index in [2.05, 4.69) is 5.43 Å². The lowest BCUT2D eigenvalue weighted by atomic mass is 10.1. The van der Waals surface area contributed by atoms with E-state index < -0.39 is 6.09 Å². The molecule has 0 radical (unpaired) electrons. The van der Waals surface area contributed by atoms with Crippen molar-refractivity contribution in [2.45, 2.75) is 27.2 Å². The third-order valence-corrected chi connectivity index (χ3v) is 4.37. The predicted molar refractivity (Wildman–Crippen MR) is 106 cm³/mol. The lowest BCUT2D eigenvalue weighted by Crippen LogP contribution is -2.35. The van der Waals surface area contributed by atoms with Crippen molar-refractivity contribution < 1.29 is 9.53 Å². The molecule has 1 heterocycles. The maximum absolute atomic E-state index is 13.3. The highest BCUT2D eigenvalue weighted by Crippen LogP contribution is 2.27. The summed E-state index contributed by atoms with van der Waals surface area (Å²) in [7, 11) is 0. The summed E-state index contributed by atoms with van der Waals surface area (Å²) >= 11 is 0. The Hall–Kier alpha value is -3.28. The Balaban J connectivity index is 2.31. The van der Waals surface area contributed by atoms with E-state index in [1.807, 2.05) is 68.4 Å². The molecule has 0 saturated heterocycles. The van der Waals surface area contributed by atoms with Gasteiger partial charge in [0.05, 0.1) is 23.7 Å². The molecule has 6 heteroatoms. The number of nitrogens with zero attached hydrogens (tertiary/aromatic N) is 2. The summed E-state index contributed by atoms with van der Waals surface area (Å²) in [6, 6.07) is 17.4. The third-order valence-electron chi connectivity index (χ3n) is 4.37. The van der Waals surface area contributed by atoms with Crippen molar-refractivity contribution in [1.82, 2.24) is 9.24 Å². The molecule has 0 bridgehead atoms. The van der Waals surface area contributed by atoms with Crippen molar-refractivity contribution in [3.05, 3.63) is 76.3 Å². The van der Waals surface area contributed by atoms with Gasteiger partial charge in [-0.15, -0.1) is 0 Å². The normalized spacial score (nSPS) is 10.6. The van der Waals surface area contributed by atoms with Crippen molar-refractivity contribution in [2.75, 3.05) is 12.0 Å². The van der Waals surface area contributed by atoms with E-state index in [1.165, 1.54) is 4.68 Å². The number of rotatable bonds is 5. The van der Waals surface area contributed by atoms with Gasteiger partial charge in [0.2, 0.25) is 0 Å². The van der Waals surface area contributed by atoms with Crippen LogP contribution in [0.2, 0.25) is 0 Å². The molecule has 0 saturated carbocycles. The highest BCUT2D eigenvalue weighted by Gasteiger charge is 2.23. The highest BCUT2D eigenvalue weighted by atomic mass is 16.6. The van der Waals surface area contributed by atoms with Crippen LogP contribution in [0.4, 0.5) is 4.79 Å². The number of hydrogen-bond donors (Lipinski definition) is 1. The van der Waals surface area contributed by atoms with E-state index in [0.29, 0.717) is 12.1 Å². The van der Waals surface area contributed by atoms with Gasteiger partial charge in [0.25, 0.3) is 0 Å². The first-order chi connectivity index (χ1) is 13.1. The number of ether oxygens (including phenoxy) is 1. The van der Waals surface area contributed by atoms with Crippen molar-refractivity contribution >= 4 is 6.09 Å². The minimum Gasteiger partial charge on any atom is -0.449 e. The Labute approximate surface area is 158 Å². The van der Waals surface area contributed by atoms with Gasteiger partial charge in [-0.25, -0.2) is 19.7 Å². The van der Waals surface area contributed by atoms with Crippen LogP contribution in [-0.4, -0.2) is 21.9 Å². The van der Waals surface area contributed by atoms with E-state index >= 15 is 0 Å². The molecule has 6 nitrogen and oxygen atoms in total. The van der Waals surface area contributed by atoms with Gasteiger partial charge >= 0.3 is 11.8 Å². The number of carbonyl (C=O) groups is 1. The van der Waals surface area contributed by atoms with Crippen LogP contribution >= 0.6 is 0 Å². The highest BCUT2D eigenvalue weighted by molar-refractivity contribution is 5.76. The number of nitrogens with one attached hydrogen (secondary N) is 1. The molecule has 0 aliphatic carbocycles. The first-order valence-electron chi connectivity index (χ1n) is 9.00. The van der Waals surface area contributed by atoms with E-state index in [9.17, 15) is 9.59 Å². The average Bonchev–Trinajstić information content (AvgIpc) is 2.95. The molecule has 0 unspecified atom stereocenters. The van der Waals surface area contributed by atoms with Crippen LogP contribution in [-0.2, 0) is 11.2 Å². The lowest BCUT2D eigenvalue weighted by molar-refractivity contribution is 0.164. The van der Waals surface area contributed by atoms with Gasteiger partial charge in [0, 0.05) is 5.56 Å². The summed E-state index contributed by atoms with van der Waals surface area (Å²) in [6.07, 6.45) is -0.0964. The van der Waals surface area contributed by atoms with Crippen molar-refractivity contribution in [2.24, 2.45) is 0 Å². The Morgan fingerprint density at radius 1 is 1.04 bits per heavy atom. The third kappa shape index (κ3) is 3.51. The predicted octanol–water partition coefficient (Wildman–Crippen LogP) is 3.88. The first-order valence-corrected chi connectivity index (χ1v) is 9.00. The maximum atomic E-state index is 13.3. The summed E-state index contributed by atoms with van der Waals surface area (Å²) in [4.78, 5) is 25.3. The molecule has 140 valence electrons. The molecule has 27 heavy (non-hydrogen) atoms. The Kier molecular flexibility index (Phi) is 5.45.